The summed E-state index contributed by atoms with van der Waals surface area (Å²) < 4.78 is 15.8. The number of hydrogen-bond donors (Lipinski definition) is 2. The lowest BCUT2D eigenvalue weighted by atomic mass is 10.1. The van der Waals surface area contributed by atoms with Crippen LogP contribution in [0.1, 0.15) is 13.8 Å². The van der Waals surface area contributed by atoms with Gasteiger partial charge in [-0.05, 0) is 13.8 Å². The molecule has 0 amide bonds. The van der Waals surface area contributed by atoms with E-state index in [-0.39, 0.29) is 12.7 Å². The van der Waals surface area contributed by atoms with Crippen LogP contribution in [0, 0.1) is 0 Å². The van der Waals surface area contributed by atoms with Crippen LogP contribution in [-0.4, -0.2) is 47.2 Å². The van der Waals surface area contributed by atoms with Crippen LogP contribution >= 0.6 is 0 Å². The molecule has 0 aliphatic carbocycles. The number of aliphatic hydroxyl groups is 2. The molecule has 5 nitrogen and oxygen atoms in total. The minimum Gasteiger partial charge on any atom is -0.385 e. The van der Waals surface area contributed by atoms with Gasteiger partial charge in [0.2, 0.25) is 0 Å². The Balaban J connectivity index is 2.11. The Labute approximate surface area is 76.2 Å². The van der Waals surface area contributed by atoms with Crippen LogP contribution < -0.4 is 0 Å². The van der Waals surface area contributed by atoms with E-state index in [4.69, 9.17) is 14.2 Å². The second-order valence-electron chi connectivity index (χ2n) is 3.85. The van der Waals surface area contributed by atoms with E-state index in [1.807, 2.05) is 0 Å². The number of rotatable bonds is 0. The van der Waals surface area contributed by atoms with Crippen LogP contribution in [-0.2, 0) is 14.2 Å². The van der Waals surface area contributed by atoms with Crippen molar-refractivity contribution in [3.63, 3.8) is 0 Å². The topological polar surface area (TPSA) is 68.2 Å². The van der Waals surface area contributed by atoms with Gasteiger partial charge in [0.15, 0.2) is 12.1 Å². The van der Waals surface area contributed by atoms with Crippen LogP contribution in [0.2, 0.25) is 0 Å². The maximum absolute atomic E-state index is 9.50. The molecule has 2 rings (SSSR count). The van der Waals surface area contributed by atoms with E-state index in [2.05, 4.69) is 0 Å². The van der Waals surface area contributed by atoms with E-state index >= 15 is 0 Å². The highest BCUT2D eigenvalue weighted by Gasteiger charge is 2.50. The first kappa shape index (κ1) is 9.36. The van der Waals surface area contributed by atoms with E-state index in [1.54, 1.807) is 13.8 Å². The molecule has 0 saturated carbocycles. The lowest BCUT2D eigenvalue weighted by Gasteiger charge is -2.31. The summed E-state index contributed by atoms with van der Waals surface area (Å²) in [7, 11) is 0. The first-order valence-electron chi connectivity index (χ1n) is 4.33. The van der Waals surface area contributed by atoms with E-state index in [1.165, 1.54) is 0 Å². The van der Waals surface area contributed by atoms with Crippen LogP contribution in [0.3, 0.4) is 0 Å². The Kier molecular flexibility index (Phi) is 2.08. The number of hydrogen-bond acceptors (Lipinski definition) is 5. The first-order chi connectivity index (χ1) is 5.99. The van der Waals surface area contributed by atoms with Crippen LogP contribution in [0.25, 0.3) is 0 Å². The standard InChI is InChI=1S/C8H14O5/c1-8(2)12-4-3-11-7(10)5(9)6(4)13-8/h4-7,9-10H,3H2,1-2H3/t4-,5+,6+,7?/m1/s1. The molecule has 2 fully saturated rings. The van der Waals surface area contributed by atoms with E-state index in [9.17, 15) is 10.2 Å². The molecular weight excluding hydrogens is 176 g/mol. The molecule has 2 aliphatic heterocycles. The summed E-state index contributed by atoms with van der Waals surface area (Å²) in [6.45, 7) is 3.79. The largest absolute Gasteiger partial charge is 0.385 e. The molecule has 0 bridgehead atoms. The van der Waals surface area contributed by atoms with E-state index in [0.29, 0.717) is 0 Å². The molecule has 1 unspecified atom stereocenters. The predicted molar refractivity (Wildman–Crippen MR) is 41.8 cm³/mol. The van der Waals surface area contributed by atoms with E-state index < -0.39 is 24.3 Å². The van der Waals surface area contributed by atoms with E-state index in [0.717, 1.165) is 0 Å². The third-order valence-electron chi connectivity index (χ3n) is 2.28. The van der Waals surface area contributed by atoms with Gasteiger partial charge in [-0.3, -0.25) is 0 Å². The summed E-state index contributed by atoms with van der Waals surface area (Å²) in [4.78, 5) is 0. The van der Waals surface area contributed by atoms with Crippen molar-refractivity contribution in [2.75, 3.05) is 6.61 Å². The third-order valence-corrected chi connectivity index (χ3v) is 2.28. The lowest BCUT2D eigenvalue weighted by molar-refractivity contribution is -0.230. The van der Waals surface area contributed by atoms with Gasteiger partial charge in [-0.1, -0.05) is 0 Å². The molecule has 2 aliphatic rings. The highest BCUT2D eigenvalue weighted by Crippen LogP contribution is 2.33. The zero-order valence-corrected chi connectivity index (χ0v) is 7.64. The summed E-state index contributed by atoms with van der Waals surface area (Å²) in [5.74, 6) is -0.705. The summed E-state index contributed by atoms with van der Waals surface area (Å²) in [6, 6.07) is 0. The average Bonchev–Trinajstić information content (AvgIpc) is 2.34. The summed E-state index contributed by atoms with van der Waals surface area (Å²) >= 11 is 0. The molecule has 0 spiro atoms. The van der Waals surface area contributed by atoms with Crippen molar-refractivity contribution in [2.24, 2.45) is 0 Å². The van der Waals surface area contributed by atoms with Gasteiger partial charge >= 0.3 is 0 Å². The molecule has 4 atom stereocenters. The van der Waals surface area contributed by atoms with Crippen molar-refractivity contribution in [3.8, 4) is 0 Å². The van der Waals surface area contributed by atoms with Gasteiger partial charge in [-0.25, -0.2) is 0 Å². The SMILES string of the molecule is CC1(C)O[C@@H]2[C@H](O)C(O)OC[C@H]2O1. The van der Waals surface area contributed by atoms with Crippen molar-refractivity contribution in [3.05, 3.63) is 0 Å². The zero-order valence-electron chi connectivity index (χ0n) is 7.64. The molecule has 2 heterocycles. The Hall–Kier alpha value is -0.200. The molecule has 13 heavy (non-hydrogen) atoms. The van der Waals surface area contributed by atoms with Crippen LogP contribution in [0.15, 0.2) is 0 Å². The fourth-order valence-corrected chi connectivity index (χ4v) is 1.74. The van der Waals surface area contributed by atoms with Crippen molar-refractivity contribution in [1.82, 2.24) is 0 Å². The summed E-state index contributed by atoms with van der Waals surface area (Å²) in [6.07, 6.45) is -2.97. The maximum atomic E-state index is 9.50. The fourth-order valence-electron chi connectivity index (χ4n) is 1.74. The number of ether oxygens (including phenoxy) is 3. The highest BCUT2D eigenvalue weighted by molar-refractivity contribution is 4.90. The van der Waals surface area contributed by atoms with Gasteiger partial charge in [0.05, 0.1) is 6.61 Å². The normalized spacial score (nSPS) is 48.9. The molecule has 2 saturated heterocycles. The molecule has 0 radical (unpaired) electrons. The summed E-state index contributed by atoms with van der Waals surface area (Å²) in [5.41, 5.74) is 0. The lowest BCUT2D eigenvalue weighted by Crippen LogP contribution is -2.51. The van der Waals surface area contributed by atoms with Gasteiger partial charge in [0.25, 0.3) is 0 Å². The average molecular weight is 190 g/mol. The molecule has 0 aromatic rings. The quantitative estimate of drug-likeness (QED) is 0.524. The van der Waals surface area contributed by atoms with Crippen LogP contribution in [0.5, 0.6) is 0 Å². The molecule has 0 aromatic heterocycles. The molecule has 76 valence electrons. The summed E-state index contributed by atoms with van der Waals surface area (Å²) in [5, 5.41) is 18.7. The van der Waals surface area contributed by atoms with Crippen molar-refractivity contribution >= 4 is 0 Å². The number of fused-ring (bicyclic) bond motifs is 1. The molecular formula is C8H14O5. The number of aliphatic hydroxyl groups excluding tert-OH is 2. The van der Waals surface area contributed by atoms with Gasteiger partial charge in [-0.2, -0.15) is 0 Å². The van der Waals surface area contributed by atoms with Gasteiger partial charge in [-0.15, -0.1) is 0 Å². The Bertz CT molecular complexity index is 205. The first-order valence-corrected chi connectivity index (χ1v) is 4.33. The molecule has 2 N–H and O–H groups in total. The second kappa shape index (κ2) is 2.90. The van der Waals surface area contributed by atoms with Crippen molar-refractivity contribution in [2.45, 2.75) is 44.2 Å². The Morgan fingerprint density at radius 3 is 2.62 bits per heavy atom. The Morgan fingerprint density at radius 1 is 1.23 bits per heavy atom. The maximum Gasteiger partial charge on any atom is 0.183 e. The fraction of sp³-hybridized carbons (Fsp3) is 1.00. The van der Waals surface area contributed by atoms with Gasteiger partial charge < -0.3 is 24.4 Å². The molecule has 0 aromatic carbocycles. The third kappa shape index (κ3) is 1.58. The second-order valence-corrected chi connectivity index (χ2v) is 3.85. The van der Waals surface area contributed by atoms with Crippen LogP contribution in [0.4, 0.5) is 0 Å². The monoisotopic (exact) mass is 190 g/mol. The van der Waals surface area contributed by atoms with Gasteiger partial charge in [0.1, 0.15) is 18.3 Å². The highest BCUT2D eigenvalue weighted by atomic mass is 16.8. The minimum atomic E-state index is -1.17. The zero-order chi connectivity index (χ0) is 9.64. The van der Waals surface area contributed by atoms with Crippen molar-refractivity contribution in [1.29, 1.82) is 0 Å². The molecule has 5 heteroatoms. The Morgan fingerprint density at radius 2 is 1.92 bits per heavy atom. The van der Waals surface area contributed by atoms with Gasteiger partial charge in [0, 0.05) is 0 Å². The predicted octanol–water partition coefficient (Wildman–Crippen LogP) is -0.784. The smallest absolute Gasteiger partial charge is 0.183 e. The van der Waals surface area contributed by atoms with Crippen molar-refractivity contribution < 1.29 is 24.4 Å². The minimum absolute atomic E-state index is 0.256.